The molecule has 1 fully saturated rings. The van der Waals surface area contributed by atoms with Gasteiger partial charge in [0, 0.05) is 37.1 Å². The van der Waals surface area contributed by atoms with E-state index in [4.69, 9.17) is 5.10 Å². The molecule has 0 aliphatic carbocycles. The van der Waals surface area contributed by atoms with E-state index in [0.717, 1.165) is 42.8 Å². The van der Waals surface area contributed by atoms with Gasteiger partial charge in [-0.3, -0.25) is 14.2 Å². The first-order valence-corrected chi connectivity index (χ1v) is 10.7. The number of benzene rings is 1. The molecule has 0 saturated carbocycles. The predicted octanol–water partition coefficient (Wildman–Crippen LogP) is 2.92. The van der Waals surface area contributed by atoms with Gasteiger partial charge in [-0.2, -0.15) is 5.10 Å². The van der Waals surface area contributed by atoms with Gasteiger partial charge < -0.3 is 10.6 Å². The van der Waals surface area contributed by atoms with E-state index in [9.17, 15) is 4.79 Å². The fourth-order valence-electron chi connectivity index (χ4n) is 4.00. The number of amides is 1. The highest BCUT2D eigenvalue weighted by Crippen LogP contribution is 2.35. The molecule has 32 heavy (non-hydrogen) atoms. The Bertz CT molecular complexity index is 1220. The molecule has 9 heteroatoms. The van der Waals surface area contributed by atoms with Gasteiger partial charge in [-0.1, -0.05) is 23.4 Å². The van der Waals surface area contributed by atoms with Crippen LogP contribution in [-0.4, -0.2) is 48.8 Å². The third kappa shape index (κ3) is 4.02. The zero-order valence-electron chi connectivity index (χ0n) is 17.8. The van der Waals surface area contributed by atoms with Crippen molar-refractivity contribution in [1.82, 2.24) is 35.1 Å². The summed E-state index contributed by atoms with van der Waals surface area (Å²) >= 11 is 0. The Morgan fingerprint density at radius 1 is 1.16 bits per heavy atom. The van der Waals surface area contributed by atoms with Gasteiger partial charge in [0.15, 0.2) is 0 Å². The van der Waals surface area contributed by atoms with Crippen LogP contribution in [0.2, 0.25) is 0 Å². The van der Waals surface area contributed by atoms with E-state index >= 15 is 0 Å². The van der Waals surface area contributed by atoms with Gasteiger partial charge in [0.05, 0.1) is 23.5 Å². The summed E-state index contributed by atoms with van der Waals surface area (Å²) in [5.41, 5.74) is 3.51. The van der Waals surface area contributed by atoms with Gasteiger partial charge in [0.2, 0.25) is 0 Å². The van der Waals surface area contributed by atoms with Crippen molar-refractivity contribution in [3.05, 3.63) is 66.6 Å². The topological polar surface area (TPSA) is 103 Å². The van der Waals surface area contributed by atoms with E-state index in [2.05, 4.69) is 25.9 Å². The molecule has 162 valence electrons. The van der Waals surface area contributed by atoms with E-state index < -0.39 is 0 Å². The van der Waals surface area contributed by atoms with Gasteiger partial charge in [0.25, 0.3) is 5.91 Å². The Morgan fingerprint density at radius 2 is 2.03 bits per heavy atom. The lowest BCUT2D eigenvalue weighted by Crippen LogP contribution is -2.31. The lowest BCUT2D eigenvalue weighted by Gasteiger charge is -2.23. The number of pyridine rings is 1. The SMILES string of the molecule is Cn1cc(-c2ccnc(NC(=O)c3ccccc3)c2-c2ccn([C@@H]3CCCNC3)n2)nn1. The van der Waals surface area contributed by atoms with Crippen molar-refractivity contribution >= 4 is 11.7 Å². The molecule has 1 aromatic carbocycles. The number of piperidine rings is 1. The van der Waals surface area contributed by atoms with Crippen molar-refractivity contribution in [3.63, 3.8) is 0 Å². The minimum absolute atomic E-state index is 0.230. The average Bonchev–Trinajstić information content (AvgIpc) is 3.49. The summed E-state index contributed by atoms with van der Waals surface area (Å²) in [4.78, 5) is 17.4. The first kappa shape index (κ1) is 20.1. The van der Waals surface area contributed by atoms with Crippen LogP contribution in [0.5, 0.6) is 0 Å². The number of rotatable bonds is 5. The molecule has 0 bridgehead atoms. The molecule has 1 atom stereocenters. The maximum Gasteiger partial charge on any atom is 0.256 e. The molecule has 5 rings (SSSR count). The summed E-state index contributed by atoms with van der Waals surface area (Å²) in [7, 11) is 1.82. The highest BCUT2D eigenvalue weighted by molar-refractivity contribution is 6.06. The van der Waals surface area contributed by atoms with Gasteiger partial charge in [-0.05, 0) is 43.7 Å². The molecule has 1 amide bonds. The van der Waals surface area contributed by atoms with E-state index in [0.29, 0.717) is 23.1 Å². The second kappa shape index (κ2) is 8.72. The van der Waals surface area contributed by atoms with Crippen molar-refractivity contribution in [2.75, 3.05) is 18.4 Å². The van der Waals surface area contributed by atoms with E-state index in [1.165, 1.54) is 0 Å². The van der Waals surface area contributed by atoms with Crippen LogP contribution in [0.1, 0.15) is 29.2 Å². The lowest BCUT2D eigenvalue weighted by molar-refractivity contribution is 0.102. The zero-order valence-corrected chi connectivity index (χ0v) is 17.8. The third-order valence-corrected chi connectivity index (χ3v) is 5.61. The van der Waals surface area contributed by atoms with E-state index in [1.807, 2.05) is 54.5 Å². The van der Waals surface area contributed by atoms with Crippen LogP contribution < -0.4 is 10.6 Å². The third-order valence-electron chi connectivity index (χ3n) is 5.61. The zero-order chi connectivity index (χ0) is 21.9. The van der Waals surface area contributed by atoms with Crippen molar-refractivity contribution in [2.45, 2.75) is 18.9 Å². The molecule has 0 radical (unpaired) electrons. The van der Waals surface area contributed by atoms with Crippen molar-refractivity contribution in [3.8, 4) is 22.5 Å². The number of carbonyl (C=O) groups is 1. The highest BCUT2D eigenvalue weighted by Gasteiger charge is 2.22. The number of nitrogens with one attached hydrogen (secondary N) is 2. The van der Waals surface area contributed by atoms with Crippen LogP contribution in [-0.2, 0) is 7.05 Å². The van der Waals surface area contributed by atoms with Crippen LogP contribution in [0.15, 0.2) is 61.1 Å². The van der Waals surface area contributed by atoms with Gasteiger partial charge in [0.1, 0.15) is 11.5 Å². The monoisotopic (exact) mass is 428 g/mol. The number of carbonyl (C=O) groups excluding carboxylic acids is 1. The Balaban J connectivity index is 1.57. The van der Waals surface area contributed by atoms with Crippen LogP contribution in [0.3, 0.4) is 0 Å². The summed E-state index contributed by atoms with van der Waals surface area (Å²) in [6.45, 7) is 1.93. The molecule has 2 N–H and O–H groups in total. The van der Waals surface area contributed by atoms with E-state index in [1.54, 1.807) is 23.0 Å². The Labute approximate surface area is 185 Å². The van der Waals surface area contributed by atoms with Gasteiger partial charge in [-0.15, -0.1) is 5.10 Å². The summed E-state index contributed by atoms with van der Waals surface area (Å²) < 4.78 is 3.64. The second-order valence-electron chi connectivity index (χ2n) is 7.86. The Kier molecular flexibility index (Phi) is 5.47. The predicted molar refractivity (Wildman–Crippen MR) is 121 cm³/mol. The van der Waals surface area contributed by atoms with Crippen LogP contribution >= 0.6 is 0 Å². The van der Waals surface area contributed by atoms with Crippen molar-refractivity contribution < 1.29 is 4.79 Å². The number of hydrogen-bond donors (Lipinski definition) is 2. The summed E-state index contributed by atoms with van der Waals surface area (Å²) in [5.74, 6) is 0.209. The Morgan fingerprint density at radius 3 is 2.78 bits per heavy atom. The van der Waals surface area contributed by atoms with Gasteiger partial charge >= 0.3 is 0 Å². The molecule has 4 aromatic rings. The largest absolute Gasteiger partial charge is 0.315 e. The number of nitrogens with zero attached hydrogens (tertiary/aromatic N) is 6. The number of aromatic nitrogens is 6. The fourth-order valence-corrected chi connectivity index (χ4v) is 4.00. The minimum Gasteiger partial charge on any atom is -0.315 e. The summed E-state index contributed by atoms with van der Waals surface area (Å²) in [6.07, 6.45) is 7.69. The first-order chi connectivity index (χ1) is 15.7. The van der Waals surface area contributed by atoms with Crippen molar-refractivity contribution in [1.29, 1.82) is 0 Å². The van der Waals surface area contributed by atoms with Crippen LogP contribution in [0.4, 0.5) is 5.82 Å². The van der Waals surface area contributed by atoms with Gasteiger partial charge in [-0.25, -0.2) is 4.98 Å². The standard InChI is InChI=1S/C23H24N8O/c1-30-15-20(27-29-30)18-9-12-25-22(26-23(32)16-6-3-2-4-7-16)21(18)19-10-13-31(28-19)17-8-5-11-24-14-17/h2-4,6-7,9-10,12-13,15,17,24H,5,8,11,14H2,1H3,(H,25,26,32)/t17-/m1/s1. The molecule has 3 aromatic heterocycles. The first-order valence-electron chi connectivity index (χ1n) is 10.7. The minimum atomic E-state index is -0.230. The Hall–Kier alpha value is -3.85. The molecular formula is C23H24N8O. The van der Waals surface area contributed by atoms with Crippen LogP contribution in [0, 0.1) is 0 Å². The molecular weight excluding hydrogens is 404 g/mol. The molecule has 9 nitrogen and oxygen atoms in total. The van der Waals surface area contributed by atoms with Crippen molar-refractivity contribution in [2.24, 2.45) is 7.05 Å². The molecule has 0 unspecified atom stereocenters. The second-order valence-corrected chi connectivity index (χ2v) is 7.86. The highest BCUT2D eigenvalue weighted by atomic mass is 16.1. The smallest absolute Gasteiger partial charge is 0.256 e. The molecule has 1 aliphatic rings. The average molecular weight is 429 g/mol. The number of hydrogen-bond acceptors (Lipinski definition) is 6. The number of aryl methyl sites for hydroxylation is 1. The summed E-state index contributed by atoms with van der Waals surface area (Å²) in [6, 6.07) is 13.2. The van der Waals surface area contributed by atoms with E-state index in [-0.39, 0.29) is 5.91 Å². The number of anilines is 1. The molecule has 1 aliphatic heterocycles. The van der Waals surface area contributed by atoms with Crippen LogP contribution in [0.25, 0.3) is 22.5 Å². The maximum atomic E-state index is 12.9. The molecule has 4 heterocycles. The normalized spacial score (nSPS) is 16.1. The molecule has 1 saturated heterocycles. The lowest BCUT2D eigenvalue weighted by atomic mass is 10.0. The summed E-state index contributed by atoms with van der Waals surface area (Å²) in [5, 5.41) is 19.6. The fraction of sp³-hybridized carbons (Fsp3) is 0.261. The molecule has 0 spiro atoms. The maximum absolute atomic E-state index is 12.9. The quantitative estimate of drug-likeness (QED) is 0.507.